The van der Waals surface area contributed by atoms with Gasteiger partial charge in [-0.2, -0.15) is 13.2 Å². The highest BCUT2D eigenvalue weighted by Gasteiger charge is 2.47. The Bertz CT molecular complexity index is 1580. The average molecular weight is 467 g/mol. The number of hydrogen-bond donors (Lipinski definition) is 0. The molecule has 0 aliphatic heterocycles. The van der Waals surface area contributed by atoms with Crippen molar-refractivity contribution in [2.45, 2.75) is 33.4 Å². The summed E-state index contributed by atoms with van der Waals surface area (Å²) in [5.74, 6) is -0.376. The van der Waals surface area contributed by atoms with Crippen LogP contribution in [0.25, 0.3) is 44.1 Å². The first kappa shape index (κ1) is 22.3. The molecule has 0 saturated heterocycles. The summed E-state index contributed by atoms with van der Waals surface area (Å²) in [5.41, 5.74) is 3.03. The molecule has 5 aromatic rings. The molecule has 0 unspecified atom stereocenters. The number of rotatable bonds is 3. The van der Waals surface area contributed by atoms with E-state index in [9.17, 15) is 17.6 Å². The minimum absolute atomic E-state index is 0.145. The third-order valence-corrected chi connectivity index (χ3v) is 6.50. The van der Waals surface area contributed by atoms with Gasteiger partial charge in [0.15, 0.2) is 5.52 Å². The summed E-state index contributed by atoms with van der Waals surface area (Å²) in [7, 11) is 1.86. The van der Waals surface area contributed by atoms with Gasteiger partial charge < -0.3 is 4.42 Å². The monoisotopic (exact) mass is 467 g/mol. The number of alkyl halides is 3. The van der Waals surface area contributed by atoms with Gasteiger partial charge in [0.2, 0.25) is 0 Å². The molecule has 0 fully saturated rings. The van der Waals surface area contributed by atoms with Crippen LogP contribution >= 0.6 is 0 Å². The molecule has 174 valence electrons. The third kappa shape index (κ3) is 3.50. The van der Waals surface area contributed by atoms with E-state index in [2.05, 4.69) is 4.98 Å². The standard InChI is InChI=1S/C27H23F4N2O/c1-15-5-8-19-18-10-7-17(28)12-22(18)34-25(19)23(15)24-20-9-6-16(11-21(20)32-14-33(24)4)13-26(2,3)27(29,30)31/h5-12,14H,13H2,1-4H3/q+1. The van der Waals surface area contributed by atoms with Gasteiger partial charge in [-0.25, -0.2) is 8.96 Å². The van der Waals surface area contributed by atoms with Crippen LogP contribution in [-0.4, -0.2) is 11.2 Å². The lowest BCUT2D eigenvalue weighted by molar-refractivity contribution is -0.662. The van der Waals surface area contributed by atoms with Gasteiger partial charge in [0.05, 0.1) is 23.4 Å². The molecule has 0 atom stereocenters. The van der Waals surface area contributed by atoms with Gasteiger partial charge in [-0.1, -0.05) is 32.0 Å². The van der Waals surface area contributed by atoms with Crippen molar-refractivity contribution in [1.29, 1.82) is 0 Å². The Labute approximate surface area is 193 Å². The van der Waals surface area contributed by atoms with Crippen LogP contribution in [0.5, 0.6) is 0 Å². The largest absolute Gasteiger partial charge is 0.455 e. The molecule has 0 amide bonds. The number of benzene rings is 3. The summed E-state index contributed by atoms with van der Waals surface area (Å²) in [6.07, 6.45) is -2.80. The number of halogens is 4. The molecule has 0 radical (unpaired) electrons. The van der Waals surface area contributed by atoms with Crippen LogP contribution in [0.4, 0.5) is 17.6 Å². The van der Waals surface area contributed by atoms with Gasteiger partial charge in [0.1, 0.15) is 22.7 Å². The summed E-state index contributed by atoms with van der Waals surface area (Å²) >= 11 is 0. The normalized spacial score (nSPS) is 12.8. The summed E-state index contributed by atoms with van der Waals surface area (Å²) in [6.45, 7) is 4.38. The van der Waals surface area contributed by atoms with Crippen molar-refractivity contribution in [1.82, 2.24) is 4.98 Å². The number of furan rings is 1. The molecular formula is C27H23F4N2O+. The van der Waals surface area contributed by atoms with Gasteiger partial charge in [0, 0.05) is 16.8 Å². The first-order valence-corrected chi connectivity index (χ1v) is 10.9. The quantitative estimate of drug-likeness (QED) is 0.207. The van der Waals surface area contributed by atoms with E-state index >= 15 is 0 Å². The Balaban J connectivity index is 1.74. The fourth-order valence-corrected chi connectivity index (χ4v) is 4.52. The van der Waals surface area contributed by atoms with Crippen molar-refractivity contribution in [2.24, 2.45) is 12.5 Å². The number of aromatic nitrogens is 2. The smallest absolute Gasteiger partial charge is 0.394 e. The van der Waals surface area contributed by atoms with Crippen LogP contribution in [0.1, 0.15) is 25.0 Å². The fraction of sp³-hybridized carbons (Fsp3) is 0.259. The van der Waals surface area contributed by atoms with Crippen LogP contribution in [0.15, 0.2) is 59.3 Å². The molecule has 0 saturated carbocycles. The van der Waals surface area contributed by atoms with Gasteiger partial charge in [-0.3, -0.25) is 0 Å². The van der Waals surface area contributed by atoms with Crippen LogP contribution in [0, 0.1) is 18.2 Å². The molecule has 0 N–H and O–H groups in total. The lowest BCUT2D eigenvalue weighted by atomic mass is 9.84. The zero-order valence-electron chi connectivity index (χ0n) is 19.2. The first-order chi connectivity index (χ1) is 16.0. The van der Waals surface area contributed by atoms with Crippen LogP contribution in [0.2, 0.25) is 0 Å². The van der Waals surface area contributed by atoms with Crippen LogP contribution in [0.3, 0.4) is 0 Å². The lowest BCUT2D eigenvalue weighted by Gasteiger charge is -2.27. The van der Waals surface area contributed by atoms with E-state index in [1.54, 1.807) is 24.5 Å². The maximum atomic E-state index is 13.8. The van der Waals surface area contributed by atoms with Crippen molar-refractivity contribution in [3.8, 4) is 11.3 Å². The molecule has 5 rings (SSSR count). The molecule has 2 heterocycles. The van der Waals surface area contributed by atoms with Crippen molar-refractivity contribution < 1.29 is 26.5 Å². The molecule has 7 heteroatoms. The van der Waals surface area contributed by atoms with E-state index in [1.165, 1.54) is 26.0 Å². The Morgan fingerprint density at radius 2 is 1.65 bits per heavy atom. The molecule has 0 bridgehead atoms. The molecule has 3 nitrogen and oxygen atoms in total. The highest BCUT2D eigenvalue weighted by atomic mass is 19.4. The molecule has 0 aliphatic carbocycles. The number of nitrogens with zero attached hydrogens (tertiary/aromatic N) is 2. The molecule has 3 aromatic carbocycles. The minimum atomic E-state index is -4.31. The fourth-order valence-electron chi connectivity index (χ4n) is 4.52. The Hall–Kier alpha value is -3.48. The van der Waals surface area contributed by atoms with Crippen molar-refractivity contribution >= 4 is 32.8 Å². The van der Waals surface area contributed by atoms with E-state index in [0.717, 1.165) is 33.0 Å². The second kappa shape index (κ2) is 7.52. The van der Waals surface area contributed by atoms with E-state index in [1.807, 2.05) is 36.7 Å². The molecule has 0 aliphatic rings. The minimum Gasteiger partial charge on any atom is -0.455 e. The summed E-state index contributed by atoms with van der Waals surface area (Å²) in [6, 6.07) is 13.7. The highest BCUT2D eigenvalue weighted by Crippen LogP contribution is 2.42. The van der Waals surface area contributed by atoms with E-state index in [0.29, 0.717) is 22.2 Å². The zero-order chi connectivity index (χ0) is 24.4. The van der Waals surface area contributed by atoms with E-state index in [-0.39, 0.29) is 12.2 Å². The van der Waals surface area contributed by atoms with Crippen molar-refractivity contribution in [2.75, 3.05) is 0 Å². The maximum absolute atomic E-state index is 13.8. The Kier molecular flexibility index (Phi) is 4.93. The van der Waals surface area contributed by atoms with Gasteiger partial charge in [-0.15, -0.1) is 0 Å². The average Bonchev–Trinajstić information content (AvgIpc) is 3.11. The summed E-state index contributed by atoms with van der Waals surface area (Å²) < 4.78 is 62.1. The molecule has 2 aromatic heterocycles. The van der Waals surface area contributed by atoms with Crippen LogP contribution in [-0.2, 0) is 13.5 Å². The third-order valence-electron chi connectivity index (χ3n) is 6.50. The van der Waals surface area contributed by atoms with E-state index < -0.39 is 11.6 Å². The highest BCUT2D eigenvalue weighted by molar-refractivity contribution is 6.11. The summed E-state index contributed by atoms with van der Waals surface area (Å²) in [5, 5.41) is 2.47. The second-order valence-electron chi connectivity index (χ2n) is 9.49. The molecule has 34 heavy (non-hydrogen) atoms. The Morgan fingerprint density at radius 3 is 2.38 bits per heavy atom. The maximum Gasteiger partial charge on any atom is 0.394 e. The van der Waals surface area contributed by atoms with Gasteiger partial charge in [0.25, 0.3) is 6.33 Å². The Morgan fingerprint density at radius 1 is 0.941 bits per heavy atom. The van der Waals surface area contributed by atoms with Crippen molar-refractivity contribution in [3.05, 3.63) is 71.8 Å². The van der Waals surface area contributed by atoms with E-state index in [4.69, 9.17) is 4.42 Å². The lowest BCUT2D eigenvalue weighted by Crippen LogP contribution is -2.34. The zero-order valence-corrected chi connectivity index (χ0v) is 19.2. The SMILES string of the molecule is Cc1ccc2c(oc3cc(F)ccc32)c1-c1c2ccc(CC(C)(C)C(F)(F)F)cc2nc[n+]1C. The van der Waals surface area contributed by atoms with Gasteiger partial charge in [-0.05, 0) is 53.7 Å². The second-order valence-corrected chi connectivity index (χ2v) is 9.49. The number of fused-ring (bicyclic) bond motifs is 4. The number of hydrogen-bond acceptors (Lipinski definition) is 2. The van der Waals surface area contributed by atoms with Crippen molar-refractivity contribution in [3.63, 3.8) is 0 Å². The van der Waals surface area contributed by atoms with Crippen LogP contribution < -0.4 is 4.57 Å². The van der Waals surface area contributed by atoms with Gasteiger partial charge >= 0.3 is 6.18 Å². The predicted octanol–water partition coefficient (Wildman–Crippen LogP) is 7.20. The topological polar surface area (TPSA) is 29.9 Å². The summed E-state index contributed by atoms with van der Waals surface area (Å²) in [4.78, 5) is 4.49. The molecular weight excluding hydrogens is 444 g/mol. The number of aryl methyl sites for hydroxylation is 2. The molecule has 0 spiro atoms. The predicted molar refractivity (Wildman–Crippen MR) is 124 cm³/mol. The first-order valence-electron chi connectivity index (χ1n) is 10.9.